The SMILES string of the molecule is C#CCCC(O)c1ncc(C)cn1. The van der Waals surface area contributed by atoms with Crippen molar-refractivity contribution in [1.29, 1.82) is 0 Å². The number of hydrogen-bond acceptors (Lipinski definition) is 3. The van der Waals surface area contributed by atoms with E-state index in [1.165, 1.54) is 0 Å². The standard InChI is InChI=1S/C10H12N2O/c1-3-4-5-9(13)10-11-6-8(2)7-12-10/h1,6-7,9,13H,4-5H2,2H3. The molecule has 1 heterocycles. The zero-order valence-corrected chi connectivity index (χ0v) is 7.57. The molecule has 1 N–H and O–H groups in total. The topological polar surface area (TPSA) is 46.0 Å². The molecule has 68 valence electrons. The summed E-state index contributed by atoms with van der Waals surface area (Å²) < 4.78 is 0. The number of rotatable bonds is 3. The Bertz CT molecular complexity index is 300. The second-order valence-corrected chi connectivity index (χ2v) is 2.88. The van der Waals surface area contributed by atoms with Crippen molar-refractivity contribution in [1.82, 2.24) is 9.97 Å². The fourth-order valence-corrected chi connectivity index (χ4v) is 0.924. The van der Waals surface area contributed by atoms with Crippen LogP contribution in [0, 0.1) is 19.3 Å². The Morgan fingerprint density at radius 2 is 2.15 bits per heavy atom. The maximum Gasteiger partial charge on any atom is 0.156 e. The number of aliphatic hydroxyl groups is 1. The lowest BCUT2D eigenvalue weighted by atomic mass is 10.2. The van der Waals surface area contributed by atoms with Crippen LogP contribution < -0.4 is 0 Å². The van der Waals surface area contributed by atoms with E-state index in [0.29, 0.717) is 18.7 Å². The van der Waals surface area contributed by atoms with Gasteiger partial charge < -0.3 is 5.11 Å². The van der Waals surface area contributed by atoms with Gasteiger partial charge in [0.05, 0.1) is 0 Å². The van der Waals surface area contributed by atoms with Gasteiger partial charge in [0.15, 0.2) is 5.82 Å². The first-order valence-electron chi connectivity index (χ1n) is 4.14. The number of nitrogens with zero attached hydrogens (tertiary/aromatic N) is 2. The van der Waals surface area contributed by atoms with Gasteiger partial charge in [0.1, 0.15) is 6.10 Å². The summed E-state index contributed by atoms with van der Waals surface area (Å²) in [6, 6.07) is 0. The van der Waals surface area contributed by atoms with Crippen molar-refractivity contribution >= 4 is 0 Å². The molecule has 0 radical (unpaired) electrons. The lowest BCUT2D eigenvalue weighted by molar-refractivity contribution is 0.159. The second kappa shape index (κ2) is 4.58. The average Bonchev–Trinajstić information content (AvgIpc) is 2.15. The Balaban J connectivity index is 2.62. The van der Waals surface area contributed by atoms with Gasteiger partial charge in [-0.1, -0.05) is 0 Å². The quantitative estimate of drug-likeness (QED) is 0.704. The summed E-state index contributed by atoms with van der Waals surface area (Å²) >= 11 is 0. The molecule has 0 fully saturated rings. The van der Waals surface area contributed by atoms with Crippen molar-refractivity contribution in [3.63, 3.8) is 0 Å². The van der Waals surface area contributed by atoms with E-state index in [0.717, 1.165) is 5.56 Å². The highest BCUT2D eigenvalue weighted by molar-refractivity contribution is 5.03. The van der Waals surface area contributed by atoms with Crippen LogP contribution in [0.25, 0.3) is 0 Å². The van der Waals surface area contributed by atoms with Gasteiger partial charge in [-0.15, -0.1) is 12.3 Å². The van der Waals surface area contributed by atoms with Crippen LogP contribution in [0.15, 0.2) is 12.4 Å². The van der Waals surface area contributed by atoms with E-state index in [2.05, 4.69) is 15.9 Å². The van der Waals surface area contributed by atoms with Crippen LogP contribution in [0.4, 0.5) is 0 Å². The zero-order valence-electron chi connectivity index (χ0n) is 7.57. The van der Waals surface area contributed by atoms with Crippen molar-refractivity contribution in [2.75, 3.05) is 0 Å². The third kappa shape index (κ3) is 2.85. The van der Waals surface area contributed by atoms with E-state index in [1.54, 1.807) is 12.4 Å². The smallest absolute Gasteiger partial charge is 0.156 e. The highest BCUT2D eigenvalue weighted by Crippen LogP contribution is 2.12. The van der Waals surface area contributed by atoms with Crippen LogP contribution in [0.3, 0.4) is 0 Å². The minimum absolute atomic E-state index is 0.445. The summed E-state index contributed by atoms with van der Waals surface area (Å²) in [5, 5.41) is 9.52. The largest absolute Gasteiger partial charge is 0.385 e. The van der Waals surface area contributed by atoms with Crippen molar-refractivity contribution in [2.45, 2.75) is 25.9 Å². The Morgan fingerprint density at radius 1 is 1.54 bits per heavy atom. The van der Waals surface area contributed by atoms with Gasteiger partial charge >= 0.3 is 0 Å². The number of aromatic nitrogens is 2. The summed E-state index contributed by atoms with van der Waals surface area (Å²) in [5.41, 5.74) is 0.980. The number of hydrogen-bond donors (Lipinski definition) is 1. The van der Waals surface area contributed by atoms with E-state index in [1.807, 2.05) is 6.92 Å². The predicted molar refractivity (Wildman–Crippen MR) is 49.8 cm³/mol. The molecule has 1 rings (SSSR count). The molecule has 1 aromatic heterocycles. The van der Waals surface area contributed by atoms with E-state index < -0.39 is 6.10 Å². The average molecular weight is 176 g/mol. The van der Waals surface area contributed by atoms with Crippen molar-refractivity contribution in [3.8, 4) is 12.3 Å². The molecule has 0 spiro atoms. The highest BCUT2D eigenvalue weighted by atomic mass is 16.3. The van der Waals surface area contributed by atoms with E-state index in [-0.39, 0.29) is 0 Å². The lowest BCUT2D eigenvalue weighted by Crippen LogP contribution is -2.03. The minimum atomic E-state index is -0.642. The maximum absolute atomic E-state index is 9.52. The fraction of sp³-hybridized carbons (Fsp3) is 0.400. The van der Waals surface area contributed by atoms with E-state index >= 15 is 0 Å². The first kappa shape index (κ1) is 9.69. The van der Waals surface area contributed by atoms with Gasteiger partial charge in [-0.25, -0.2) is 9.97 Å². The van der Waals surface area contributed by atoms with Gasteiger partial charge in [-0.05, 0) is 18.9 Å². The van der Waals surface area contributed by atoms with Crippen LogP contribution in [-0.2, 0) is 0 Å². The Hall–Kier alpha value is -1.40. The number of aliphatic hydroxyl groups excluding tert-OH is 1. The van der Waals surface area contributed by atoms with E-state index in [4.69, 9.17) is 6.42 Å². The molecule has 0 aliphatic carbocycles. The van der Waals surface area contributed by atoms with Crippen LogP contribution >= 0.6 is 0 Å². The van der Waals surface area contributed by atoms with Crippen LogP contribution in [0.1, 0.15) is 30.3 Å². The molecule has 0 aliphatic heterocycles. The highest BCUT2D eigenvalue weighted by Gasteiger charge is 2.08. The molecule has 1 aromatic rings. The van der Waals surface area contributed by atoms with Gasteiger partial charge in [0.25, 0.3) is 0 Å². The van der Waals surface area contributed by atoms with Gasteiger partial charge in [-0.2, -0.15) is 0 Å². The van der Waals surface area contributed by atoms with Gasteiger partial charge in [-0.3, -0.25) is 0 Å². The monoisotopic (exact) mass is 176 g/mol. The van der Waals surface area contributed by atoms with Crippen molar-refractivity contribution in [2.24, 2.45) is 0 Å². The molecule has 0 saturated carbocycles. The molecular formula is C10H12N2O. The predicted octanol–water partition coefficient (Wildman–Crippen LogP) is 1.23. The minimum Gasteiger partial charge on any atom is -0.385 e. The number of terminal acetylenes is 1. The lowest BCUT2D eigenvalue weighted by Gasteiger charge is -2.06. The summed E-state index contributed by atoms with van der Waals surface area (Å²) in [5.74, 6) is 2.91. The molecule has 1 atom stereocenters. The molecule has 0 amide bonds. The summed E-state index contributed by atoms with van der Waals surface area (Å²) in [6.45, 7) is 1.90. The Morgan fingerprint density at radius 3 is 2.69 bits per heavy atom. The van der Waals surface area contributed by atoms with Crippen molar-refractivity contribution in [3.05, 3.63) is 23.8 Å². The van der Waals surface area contributed by atoms with Crippen LogP contribution in [0.2, 0.25) is 0 Å². The zero-order chi connectivity index (χ0) is 9.68. The summed E-state index contributed by atoms with van der Waals surface area (Å²) in [7, 11) is 0. The van der Waals surface area contributed by atoms with E-state index in [9.17, 15) is 5.11 Å². The van der Waals surface area contributed by atoms with Crippen LogP contribution in [0.5, 0.6) is 0 Å². The third-order valence-electron chi connectivity index (χ3n) is 1.66. The molecule has 0 saturated heterocycles. The van der Waals surface area contributed by atoms with Gasteiger partial charge in [0.2, 0.25) is 0 Å². The Labute approximate surface area is 77.9 Å². The summed E-state index contributed by atoms with van der Waals surface area (Å²) in [4.78, 5) is 8.00. The molecule has 0 aromatic carbocycles. The molecule has 13 heavy (non-hydrogen) atoms. The molecule has 1 unspecified atom stereocenters. The molecule has 3 nitrogen and oxygen atoms in total. The number of aryl methyl sites for hydroxylation is 1. The maximum atomic E-state index is 9.52. The van der Waals surface area contributed by atoms with Crippen LogP contribution in [-0.4, -0.2) is 15.1 Å². The molecular weight excluding hydrogens is 164 g/mol. The fourth-order valence-electron chi connectivity index (χ4n) is 0.924. The second-order valence-electron chi connectivity index (χ2n) is 2.88. The van der Waals surface area contributed by atoms with Crippen molar-refractivity contribution < 1.29 is 5.11 Å². The molecule has 0 aliphatic rings. The third-order valence-corrected chi connectivity index (χ3v) is 1.66. The summed E-state index contributed by atoms with van der Waals surface area (Å²) in [6.07, 6.45) is 8.85. The first-order chi connectivity index (χ1) is 6.24. The normalized spacial score (nSPS) is 12.1. The van der Waals surface area contributed by atoms with Gasteiger partial charge in [0, 0.05) is 18.8 Å². The molecule has 0 bridgehead atoms. The molecule has 3 heteroatoms. The Kier molecular flexibility index (Phi) is 3.41. The first-order valence-corrected chi connectivity index (χ1v) is 4.14.